The summed E-state index contributed by atoms with van der Waals surface area (Å²) in [5.41, 5.74) is 10.1. The molecule has 12 amide bonds. The van der Waals surface area contributed by atoms with Crippen molar-refractivity contribution in [2.75, 3.05) is 47.5 Å². The van der Waals surface area contributed by atoms with Crippen LogP contribution in [0, 0.1) is 23.7 Å². The van der Waals surface area contributed by atoms with Crippen molar-refractivity contribution in [3.8, 4) is 5.75 Å². The number of allylic oxidation sites excluding steroid dienone is 4. The van der Waals surface area contributed by atoms with Crippen LogP contribution in [-0.2, 0) is 76.5 Å². The van der Waals surface area contributed by atoms with Gasteiger partial charge in [-0.3, -0.25) is 57.5 Å². The first-order chi connectivity index (χ1) is 46.7. The van der Waals surface area contributed by atoms with E-state index in [1.165, 1.54) is 98.9 Å². The van der Waals surface area contributed by atoms with Gasteiger partial charge < -0.3 is 104 Å². The number of carbonyl (C=O) groups excluding carboxylic acids is 13. The lowest BCUT2D eigenvalue weighted by atomic mass is 9.87. The number of fused-ring (bicyclic) bond motifs is 1. The molecule has 0 saturated carbocycles. The number of likely N-dealkylation sites (N-methyl/N-ethyl adjacent to an activating group) is 1. The van der Waals surface area contributed by atoms with Crippen molar-refractivity contribution in [3.63, 3.8) is 0 Å². The number of aliphatic hydroxyl groups is 3. The van der Waals surface area contributed by atoms with Gasteiger partial charge in [0.2, 0.25) is 59.1 Å². The number of aromatic hydroxyl groups is 1. The smallest absolute Gasteiger partial charge is 0.329 e. The van der Waals surface area contributed by atoms with E-state index in [9.17, 15) is 63.6 Å². The van der Waals surface area contributed by atoms with Crippen LogP contribution in [0.1, 0.15) is 114 Å². The number of amides is 12. The summed E-state index contributed by atoms with van der Waals surface area (Å²) in [5.74, 6) is -17.9. The number of phenolic OH excluding ortho intramolecular Hbond substituents is 1. The minimum atomic E-state index is -2.43. The molecular weight excluding hydrogens is 1330 g/mol. The molecule has 0 spiro atoms. The Morgan fingerprint density at radius 3 is 2.07 bits per heavy atom. The molecule has 100 heavy (non-hydrogen) atoms. The Morgan fingerprint density at radius 1 is 0.890 bits per heavy atom. The number of methoxy groups -OCH3 is 2. The molecule has 18 atom stereocenters. The number of nitrogens with zero attached hydrogens (tertiary/aromatic N) is 2. The quantitative estimate of drug-likeness (QED) is 0.0191. The van der Waals surface area contributed by atoms with Crippen molar-refractivity contribution < 1.29 is 97.0 Å². The highest BCUT2D eigenvalue weighted by Crippen LogP contribution is 2.31. The van der Waals surface area contributed by atoms with Crippen LogP contribution in [0.25, 0.3) is 0 Å². The maximum atomic E-state index is 15.4. The largest absolute Gasteiger partial charge is 0.508 e. The molecule has 0 aliphatic carbocycles. The van der Waals surface area contributed by atoms with Gasteiger partial charge in [0.1, 0.15) is 78.1 Å². The van der Waals surface area contributed by atoms with E-state index in [2.05, 4.69) is 47.9 Å². The monoisotopic (exact) mass is 1430 g/mol. The molecule has 17 N–H and O–H groups in total. The number of hydrogen-bond donors (Lipinski definition) is 15. The van der Waals surface area contributed by atoms with Gasteiger partial charge in [-0.2, -0.15) is 0 Å². The predicted molar refractivity (Wildman–Crippen MR) is 362 cm³/mol. The maximum absolute atomic E-state index is 15.4. The molecule has 0 aromatic heterocycles. The van der Waals surface area contributed by atoms with Gasteiger partial charge in [0.05, 0.1) is 25.8 Å². The fourth-order valence-electron chi connectivity index (χ4n) is 10.8. The van der Waals surface area contributed by atoms with Crippen LogP contribution in [0.3, 0.4) is 0 Å². The van der Waals surface area contributed by atoms with Crippen LogP contribution >= 0.6 is 11.6 Å². The van der Waals surface area contributed by atoms with Crippen molar-refractivity contribution in [2.24, 2.45) is 35.1 Å². The van der Waals surface area contributed by atoms with Gasteiger partial charge in [0.15, 0.2) is 5.60 Å². The van der Waals surface area contributed by atoms with Gasteiger partial charge >= 0.3 is 5.97 Å². The molecule has 1 aromatic carbocycles. The van der Waals surface area contributed by atoms with Crippen LogP contribution in [0.4, 0.5) is 0 Å². The molecule has 2 fully saturated rings. The third-order valence-electron chi connectivity index (χ3n) is 17.3. The Labute approximate surface area is 586 Å². The van der Waals surface area contributed by atoms with E-state index in [-0.39, 0.29) is 36.6 Å². The minimum absolute atomic E-state index is 0.0502. The molecule has 558 valence electrons. The lowest BCUT2D eigenvalue weighted by Crippen LogP contribution is -2.66. The molecule has 2 heterocycles. The van der Waals surface area contributed by atoms with Crippen LogP contribution in [0.15, 0.2) is 59.8 Å². The van der Waals surface area contributed by atoms with Crippen molar-refractivity contribution in [3.05, 3.63) is 65.4 Å². The van der Waals surface area contributed by atoms with E-state index in [0.29, 0.717) is 0 Å². The third kappa shape index (κ3) is 24.1. The molecule has 0 radical (unpaired) electrons. The molecule has 0 bridgehead atoms. The summed E-state index contributed by atoms with van der Waals surface area (Å²) in [4.78, 5) is 186. The summed E-state index contributed by atoms with van der Waals surface area (Å²) >= 11 is 6.75. The number of cyclic esters (lactones) is 1. The number of aliphatic hydroxyl groups excluding tert-OH is 2. The zero-order chi connectivity index (χ0) is 76.0. The van der Waals surface area contributed by atoms with E-state index in [1.807, 2.05) is 19.9 Å². The Balaban J connectivity index is 2.20. The second-order valence-corrected chi connectivity index (χ2v) is 26.3. The van der Waals surface area contributed by atoms with E-state index in [4.69, 9.17) is 37.3 Å². The van der Waals surface area contributed by atoms with Gasteiger partial charge in [-0.05, 0) is 89.8 Å². The van der Waals surface area contributed by atoms with Gasteiger partial charge in [-0.15, -0.1) is 11.6 Å². The number of benzene rings is 1. The summed E-state index contributed by atoms with van der Waals surface area (Å²) in [6.45, 7) is 14.8. The van der Waals surface area contributed by atoms with E-state index in [0.717, 1.165) is 49.0 Å². The highest BCUT2D eigenvalue weighted by molar-refractivity contribution is 6.21. The zero-order valence-corrected chi connectivity index (χ0v) is 60.0. The third-order valence-corrected chi connectivity index (χ3v) is 17.7. The van der Waals surface area contributed by atoms with Gasteiger partial charge in [-0.25, -0.2) is 4.79 Å². The first-order valence-electron chi connectivity index (χ1n) is 32.8. The molecule has 1 aromatic rings. The highest BCUT2D eigenvalue weighted by Gasteiger charge is 2.48. The lowest BCUT2D eigenvalue weighted by Gasteiger charge is -2.41. The average Bonchev–Trinajstić information content (AvgIpc) is 0.502. The number of esters is 1. The number of hydrogen-bond acceptors (Lipinski definition) is 21. The minimum Gasteiger partial charge on any atom is -0.508 e. The average molecular weight is 1430 g/mol. The lowest BCUT2D eigenvalue weighted by molar-refractivity contribution is -0.168. The van der Waals surface area contributed by atoms with Crippen LogP contribution in [-0.4, -0.2) is 238 Å². The van der Waals surface area contributed by atoms with Gasteiger partial charge in [-0.1, -0.05) is 90.0 Å². The number of ether oxygens (including phenoxy) is 3. The fraction of sp³-hybridized carbons (Fsp3) is 0.621. The molecule has 2 saturated heterocycles. The number of nitrogens with two attached hydrogens (primary N) is 2. The van der Waals surface area contributed by atoms with E-state index < -0.39 is 210 Å². The van der Waals surface area contributed by atoms with Crippen LogP contribution < -0.4 is 59.3 Å². The molecule has 33 nitrogen and oxygen atoms in total. The number of phenols is 1. The van der Waals surface area contributed by atoms with E-state index >= 15 is 19.2 Å². The second kappa shape index (κ2) is 39.4. The molecule has 2 aliphatic heterocycles. The zero-order valence-electron chi connectivity index (χ0n) is 59.2. The van der Waals surface area contributed by atoms with Crippen molar-refractivity contribution in [2.45, 2.75) is 192 Å². The fourth-order valence-corrected chi connectivity index (χ4v) is 11.1. The van der Waals surface area contributed by atoms with E-state index in [1.54, 1.807) is 6.92 Å². The Bertz CT molecular complexity index is 3180. The molecule has 2 aliphatic rings. The number of rotatable bonds is 26. The number of carbonyl (C=O) groups is 13. The summed E-state index contributed by atoms with van der Waals surface area (Å²) < 4.78 is 17.3. The van der Waals surface area contributed by atoms with Crippen molar-refractivity contribution in [1.29, 1.82) is 0 Å². The maximum Gasteiger partial charge on any atom is 0.329 e. The number of piperidine rings is 1. The Kier molecular flexibility index (Phi) is 33.7. The normalized spacial score (nSPS) is 24.8. The summed E-state index contributed by atoms with van der Waals surface area (Å²) in [7, 11) is 3.51. The van der Waals surface area contributed by atoms with Gasteiger partial charge in [0, 0.05) is 45.1 Å². The Morgan fingerprint density at radius 2 is 1.52 bits per heavy atom. The summed E-state index contributed by atoms with van der Waals surface area (Å²) in [6.07, 6.45) is -0.255. The predicted octanol–water partition coefficient (Wildman–Crippen LogP) is -2.94. The SMILES string of the molecule is CC=C(NC(=O)CNC(=O)[C@@](C)(O)[C@@H](O)C=CC(C)=C[C@H](C)CC)C(=O)N[C@H](C(=O)N[C@H](C(=O)N[C@H]1C(=O)N[C@H](COC)C(=O)NCC(=O)N[C@@H](C)C(=O)N(C)C([C@@H](C)O)C(=O)N[C@H]([C@H](OC)c2ccc(O)cc2)C(=O)N2CC[C@H](Cl)C[C@H]2C(=O)O[C@@H]1C(C)C)[C@@H](C)[C@@H](C)C(N)=O)[C@H](C)N. The molecule has 3 rings (SSSR count). The van der Waals surface area contributed by atoms with Crippen LogP contribution in [0.5, 0.6) is 5.75 Å². The summed E-state index contributed by atoms with van der Waals surface area (Å²) in [6, 6.07) is -10.3. The van der Waals surface area contributed by atoms with Crippen molar-refractivity contribution in [1.82, 2.24) is 57.7 Å². The number of nitrogens with one attached hydrogen (secondary N) is 9. The Hall–Kier alpha value is -8.60. The topological polar surface area (TPSA) is 497 Å². The van der Waals surface area contributed by atoms with Gasteiger partial charge in [0.25, 0.3) is 11.8 Å². The molecular formula is C66H102ClN13O20. The standard InChI is InChI=1S/C66H102ClN13O20/c1-16-32(5)26-33(6)18-23-45(83)66(12,97)65(96)71-29-47(85)73-42(17-2)57(88)76-49(36(9)68)59(90)75-48(34(7)35(8)55(69)86)58(89)77-50-53(31(3)4)100-64(95)44-27-40(67)24-25-80(44)63(94)51(54(99-15)39-19-21-41(82)22-20-39)78-61(92)52(38(11)81)79(13)62(93)37(10)72-46(84)28-70-56(87)43(30-98-14)74-60(50)91/h17-23,26,31-32,34-38,40,43-45,48-54,81-83,97H,16,24-25,27-30,68H2,1-15H3,(H2,69,86)(H,70,87)(H,71,96)(H,72,84)(H,73,85)(H,74,91)(H,75,90)(H,76,88)(H,77,89)(H,78,92)/t32-,34+,35-,36+,37+,38-,40+,43-,44+,45+,48+,49+,50-,51-,52?,53-,54-,66+/m1/s1. The molecule has 34 heteroatoms. The number of halogens is 1. The highest BCUT2D eigenvalue weighted by atomic mass is 35.5. The number of primary amides is 1. The van der Waals surface area contributed by atoms with Crippen LogP contribution in [0.2, 0.25) is 0 Å². The number of alkyl halides is 1. The molecule has 1 unspecified atom stereocenters. The summed E-state index contributed by atoms with van der Waals surface area (Å²) in [5, 5.41) is 63.7. The second-order valence-electron chi connectivity index (χ2n) is 25.7. The van der Waals surface area contributed by atoms with Crippen molar-refractivity contribution >= 4 is 88.5 Å². The first-order valence-corrected chi connectivity index (χ1v) is 33.2. The first kappa shape index (κ1) is 85.6.